The highest BCUT2D eigenvalue weighted by atomic mass is 32.1. The zero-order chi connectivity index (χ0) is 16.2. The molecule has 8 heteroatoms. The molecule has 3 rings (SSSR count). The molecule has 3 heterocycles. The maximum atomic E-state index is 12.5. The van der Waals surface area contributed by atoms with Gasteiger partial charge in [0.15, 0.2) is 0 Å². The molecule has 0 bridgehead atoms. The number of thiazole rings is 1. The van der Waals surface area contributed by atoms with Gasteiger partial charge in [0.05, 0.1) is 11.2 Å². The van der Waals surface area contributed by atoms with Gasteiger partial charge in [-0.1, -0.05) is 6.07 Å². The monoisotopic (exact) mass is 328 g/mol. The van der Waals surface area contributed by atoms with E-state index in [0.717, 1.165) is 12.1 Å². The summed E-state index contributed by atoms with van der Waals surface area (Å²) in [7, 11) is 1.78. The minimum atomic E-state index is -0.109. The van der Waals surface area contributed by atoms with Crippen LogP contribution in [0.3, 0.4) is 0 Å². The van der Waals surface area contributed by atoms with Gasteiger partial charge in [-0.2, -0.15) is 0 Å². The van der Waals surface area contributed by atoms with Crippen LogP contribution in [0.25, 0.3) is 5.82 Å². The lowest BCUT2D eigenvalue weighted by Crippen LogP contribution is -2.29. The molecule has 7 nitrogen and oxygen atoms in total. The molecule has 0 fully saturated rings. The number of amides is 1. The van der Waals surface area contributed by atoms with Crippen LogP contribution in [0.5, 0.6) is 0 Å². The smallest absolute Gasteiger partial charge is 0.272 e. The quantitative estimate of drug-likeness (QED) is 0.713. The fourth-order valence-corrected chi connectivity index (χ4v) is 2.91. The van der Waals surface area contributed by atoms with Crippen molar-refractivity contribution in [2.24, 2.45) is 0 Å². The second-order valence-electron chi connectivity index (χ2n) is 5.09. The molecule has 0 saturated heterocycles. The minimum absolute atomic E-state index is 0.109. The van der Waals surface area contributed by atoms with Gasteiger partial charge in [0, 0.05) is 24.9 Å². The molecule has 0 N–H and O–H groups in total. The lowest BCUT2D eigenvalue weighted by Gasteiger charge is -2.16. The van der Waals surface area contributed by atoms with Gasteiger partial charge in [0.2, 0.25) is 0 Å². The number of aryl methyl sites for hydroxylation is 1. The summed E-state index contributed by atoms with van der Waals surface area (Å²) in [5.74, 6) is 0.509. The first kappa shape index (κ1) is 15.3. The minimum Gasteiger partial charge on any atom is -0.340 e. The third-order valence-corrected chi connectivity index (χ3v) is 4.50. The Bertz CT molecular complexity index is 798. The predicted octanol–water partition coefficient (Wildman–Crippen LogP) is 1.74. The number of carbonyl (C=O) groups excluding carboxylic acids is 1. The van der Waals surface area contributed by atoms with E-state index in [1.54, 1.807) is 58.7 Å². The number of aromatic nitrogens is 5. The van der Waals surface area contributed by atoms with E-state index in [-0.39, 0.29) is 5.91 Å². The van der Waals surface area contributed by atoms with Crippen molar-refractivity contribution < 1.29 is 4.79 Å². The average Bonchev–Trinajstić information content (AvgIpc) is 3.24. The molecule has 0 radical (unpaired) electrons. The molecule has 3 aromatic rings. The Labute approximate surface area is 137 Å². The van der Waals surface area contributed by atoms with Crippen molar-refractivity contribution in [3.63, 3.8) is 0 Å². The molecule has 0 aromatic carbocycles. The predicted molar refractivity (Wildman–Crippen MR) is 86.7 cm³/mol. The standard InChI is InChI=1S/C15H16N6OS/c1-11-13(23-10-16-11)6-7-20(2)15(22)12-4-3-5-14(19-12)21-8-17-18-9-21/h3-5,8-10H,6-7H2,1-2H3. The Hall–Kier alpha value is -2.61. The molecule has 0 atom stereocenters. The van der Waals surface area contributed by atoms with Crippen molar-refractivity contribution in [1.29, 1.82) is 0 Å². The van der Waals surface area contributed by atoms with Crippen LogP contribution in [0.2, 0.25) is 0 Å². The molecule has 0 aliphatic rings. The SMILES string of the molecule is Cc1ncsc1CCN(C)C(=O)c1cccc(-n2cnnc2)n1. The van der Waals surface area contributed by atoms with E-state index in [9.17, 15) is 4.79 Å². The Morgan fingerprint density at radius 1 is 1.30 bits per heavy atom. The van der Waals surface area contributed by atoms with Gasteiger partial charge in [0.1, 0.15) is 24.2 Å². The normalized spacial score (nSPS) is 10.7. The number of pyridine rings is 1. The van der Waals surface area contributed by atoms with E-state index in [4.69, 9.17) is 0 Å². The molecule has 23 heavy (non-hydrogen) atoms. The molecular formula is C15H16N6OS. The zero-order valence-electron chi connectivity index (χ0n) is 12.9. The molecular weight excluding hydrogens is 312 g/mol. The summed E-state index contributed by atoms with van der Waals surface area (Å²) in [6.45, 7) is 2.61. The number of hydrogen-bond donors (Lipinski definition) is 0. The summed E-state index contributed by atoms with van der Waals surface area (Å²) in [5, 5.41) is 7.49. The van der Waals surface area contributed by atoms with Crippen molar-refractivity contribution in [3.8, 4) is 5.82 Å². The summed E-state index contributed by atoms with van der Waals surface area (Å²) in [5.41, 5.74) is 3.26. The Morgan fingerprint density at radius 3 is 2.78 bits per heavy atom. The van der Waals surface area contributed by atoms with Gasteiger partial charge >= 0.3 is 0 Å². The second kappa shape index (κ2) is 6.66. The summed E-state index contributed by atoms with van der Waals surface area (Å²) in [4.78, 5) is 24.0. The van der Waals surface area contributed by atoms with Gasteiger partial charge in [0.25, 0.3) is 5.91 Å². The van der Waals surface area contributed by atoms with Gasteiger partial charge in [-0.3, -0.25) is 9.36 Å². The largest absolute Gasteiger partial charge is 0.340 e. The Balaban J connectivity index is 1.70. The second-order valence-corrected chi connectivity index (χ2v) is 6.03. The van der Waals surface area contributed by atoms with Crippen molar-refractivity contribution >= 4 is 17.2 Å². The number of rotatable bonds is 5. The average molecular weight is 328 g/mol. The van der Waals surface area contributed by atoms with Gasteiger partial charge in [-0.25, -0.2) is 9.97 Å². The van der Waals surface area contributed by atoms with E-state index >= 15 is 0 Å². The molecule has 1 amide bonds. The van der Waals surface area contributed by atoms with Crippen molar-refractivity contribution in [2.45, 2.75) is 13.3 Å². The maximum Gasteiger partial charge on any atom is 0.272 e. The summed E-state index contributed by atoms with van der Waals surface area (Å²) in [6, 6.07) is 5.32. The van der Waals surface area contributed by atoms with Crippen LogP contribution >= 0.6 is 11.3 Å². The first-order valence-corrected chi connectivity index (χ1v) is 7.99. The molecule has 0 aliphatic carbocycles. The zero-order valence-corrected chi connectivity index (χ0v) is 13.7. The van der Waals surface area contributed by atoms with Crippen LogP contribution in [0.1, 0.15) is 21.1 Å². The van der Waals surface area contributed by atoms with E-state index in [1.165, 1.54) is 4.88 Å². The van der Waals surface area contributed by atoms with Crippen molar-refractivity contribution in [1.82, 2.24) is 29.6 Å². The van der Waals surface area contributed by atoms with Crippen LogP contribution in [-0.4, -0.2) is 49.1 Å². The number of nitrogens with zero attached hydrogens (tertiary/aromatic N) is 6. The fourth-order valence-electron chi connectivity index (χ4n) is 2.14. The van der Waals surface area contributed by atoms with Gasteiger partial charge < -0.3 is 4.90 Å². The fraction of sp³-hybridized carbons (Fsp3) is 0.267. The molecule has 0 unspecified atom stereocenters. The number of likely N-dealkylation sites (N-methyl/N-ethyl adjacent to an activating group) is 1. The molecule has 0 aliphatic heterocycles. The van der Waals surface area contributed by atoms with Crippen molar-refractivity contribution in [2.75, 3.05) is 13.6 Å². The summed E-state index contributed by atoms with van der Waals surface area (Å²) >= 11 is 1.62. The molecule has 0 saturated carbocycles. The Kier molecular flexibility index (Phi) is 4.42. The first-order valence-electron chi connectivity index (χ1n) is 7.11. The van der Waals surface area contributed by atoms with Gasteiger partial charge in [-0.05, 0) is 19.1 Å². The van der Waals surface area contributed by atoms with Crippen LogP contribution in [0.4, 0.5) is 0 Å². The van der Waals surface area contributed by atoms with Gasteiger partial charge in [-0.15, -0.1) is 21.5 Å². The number of hydrogen-bond acceptors (Lipinski definition) is 6. The van der Waals surface area contributed by atoms with Crippen LogP contribution in [0, 0.1) is 6.92 Å². The van der Waals surface area contributed by atoms with Crippen LogP contribution in [-0.2, 0) is 6.42 Å². The van der Waals surface area contributed by atoms with E-state index in [0.29, 0.717) is 18.1 Å². The third-order valence-electron chi connectivity index (χ3n) is 3.50. The molecule has 118 valence electrons. The highest BCUT2D eigenvalue weighted by Gasteiger charge is 2.15. The highest BCUT2D eigenvalue weighted by Crippen LogP contribution is 2.14. The summed E-state index contributed by atoms with van der Waals surface area (Å²) < 4.78 is 1.66. The maximum absolute atomic E-state index is 12.5. The van der Waals surface area contributed by atoms with E-state index in [1.807, 2.05) is 12.4 Å². The first-order chi connectivity index (χ1) is 11.1. The number of carbonyl (C=O) groups is 1. The molecule has 3 aromatic heterocycles. The van der Waals surface area contributed by atoms with Crippen LogP contribution in [0.15, 0.2) is 36.4 Å². The summed E-state index contributed by atoms with van der Waals surface area (Å²) in [6.07, 6.45) is 3.89. The Morgan fingerprint density at radius 2 is 2.09 bits per heavy atom. The lowest BCUT2D eigenvalue weighted by atomic mass is 10.2. The lowest BCUT2D eigenvalue weighted by molar-refractivity contribution is 0.0791. The molecule has 0 spiro atoms. The van der Waals surface area contributed by atoms with E-state index < -0.39 is 0 Å². The topological polar surface area (TPSA) is 76.8 Å². The third kappa shape index (κ3) is 3.42. The van der Waals surface area contributed by atoms with Crippen molar-refractivity contribution in [3.05, 3.63) is 52.6 Å². The van der Waals surface area contributed by atoms with E-state index in [2.05, 4.69) is 20.2 Å². The van der Waals surface area contributed by atoms with Crippen LogP contribution < -0.4 is 0 Å². The highest BCUT2D eigenvalue weighted by molar-refractivity contribution is 7.09.